The standard InChI is InChI=1S/C27H26N2O2S/c1-29-24-14-19-12-13-23(28-19)26(24)22-15-21(32(30)20-10-6-3-7-11-20)16-25(27(22)29)31-17-18-8-4-2-5-9-18/h2-11,15-16,19,23,28H,12-14,17H2,1H3. The highest BCUT2D eigenvalue weighted by molar-refractivity contribution is 7.85. The minimum absolute atomic E-state index is 0.370. The molecule has 0 radical (unpaired) electrons. The predicted molar refractivity (Wildman–Crippen MR) is 127 cm³/mol. The molecule has 3 unspecified atom stereocenters. The fraction of sp³-hybridized carbons (Fsp3) is 0.259. The third-order valence-electron chi connectivity index (χ3n) is 6.83. The zero-order valence-corrected chi connectivity index (χ0v) is 18.9. The average molecular weight is 443 g/mol. The Morgan fingerprint density at radius 1 is 1.00 bits per heavy atom. The van der Waals surface area contributed by atoms with E-state index in [-0.39, 0.29) is 0 Å². The van der Waals surface area contributed by atoms with Crippen LogP contribution in [0.5, 0.6) is 5.75 Å². The first-order chi connectivity index (χ1) is 15.7. The van der Waals surface area contributed by atoms with Gasteiger partial charge in [-0.1, -0.05) is 48.5 Å². The number of aromatic nitrogens is 1. The molecule has 0 amide bonds. The number of benzene rings is 3. The molecule has 0 spiro atoms. The summed E-state index contributed by atoms with van der Waals surface area (Å²) < 4.78 is 22.2. The third kappa shape index (κ3) is 3.28. The number of hydrogen-bond acceptors (Lipinski definition) is 3. The van der Waals surface area contributed by atoms with Crippen molar-refractivity contribution in [3.63, 3.8) is 0 Å². The molecule has 1 saturated heterocycles. The Labute approximate surface area is 190 Å². The molecule has 4 aromatic rings. The molecular formula is C27H26N2O2S. The van der Waals surface area contributed by atoms with Crippen molar-refractivity contribution in [1.82, 2.24) is 9.88 Å². The van der Waals surface area contributed by atoms with Gasteiger partial charge in [-0.05, 0) is 48.2 Å². The van der Waals surface area contributed by atoms with Crippen LogP contribution in [0.3, 0.4) is 0 Å². The highest BCUT2D eigenvalue weighted by Crippen LogP contribution is 2.44. The Morgan fingerprint density at radius 3 is 2.53 bits per heavy atom. The van der Waals surface area contributed by atoms with Gasteiger partial charge in [-0.25, -0.2) is 4.21 Å². The van der Waals surface area contributed by atoms with E-state index in [9.17, 15) is 4.21 Å². The molecule has 3 heterocycles. The van der Waals surface area contributed by atoms with Crippen molar-refractivity contribution in [1.29, 1.82) is 0 Å². The van der Waals surface area contributed by atoms with Gasteiger partial charge in [0.05, 0.1) is 16.3 Å². The van der Waals surface area contributed by atoms with Crippen LogP contribution in [0.4, 0.5) is 0 Å². The highest BCUT2D eigenvalue weighted by atomic mass is 32.2. The maximum atomic E-state index is 13.5. The Balaban J connectivity index is 1.51. The van der Waals surface area contributed by atoms with Crippen LogP contribution in [-0.2, 0) is 30.9 Å². The molecule has 32 heavy (non-hydrogen) atoms. The fourth-order valence-corrected chi connectivity index (χ4v) is 6.43. The molecule has 0 saturated carbocycles. The van der Waals surface area contributed by atoms with Crippen molar-refractivity contribution in [3.05, 3.63) is 89.6 Å². The van der Waals surface area contributed by atoms with E-state index in [1.165, 1.54) is 23.1 Å². The molecule has 2 aliphatic heterocycles. The Hall–Kier alpha value is -2.89. The maximum Gasteiger partial charge on any atom is 0.145 e. The molecule has 2 bridgehead atoms. The van der Waals surface area contributed by atoms with Gasteiger partial charge in [0.15, 0.2) is 0 Å². The van der Waals surface area contributed by atoms with E-state index in [1.807, 2.05) is 54.6 Å². The minimum Gasteiger partial charge on any atom is -0.487 e. The molecule has 3 aromatic carbocycles. The van der Waals surface area contributed by atoms with Gasteiger partial charge in [0.25, 0.3) is 0 Å². The summed E-state index contributed by atoms with van der Waals surface area (Å²) in [5, 5.41) is 4.95. The average Bonchev–Trinajstić information content (AvgIpc) is 3.36. The van der Waals surface area contributed by atoms with Crippen LogP contribution in [0.25, 0.3) is 10.9 Å². The molecule has 1 aromatic heterocycles. The second-order valence-corrected chi connectivity index (χ2v) is 10.3. The predicted octanol–water partition coefficient (Wildman–Crippen LogP) is 5.27. The monoisotopic (exact) mass is 442 g/mol. The lowest BCUT2D eigenvalue weighted by molar-refractivity contribution is 0.308. The van der Waals surface area contributed by atoms with Crippen LogP contribution in [0.15, 0.2) is 82.6 Å². The van der Waals surface area contributed by atoms with E-state index >= 15 is 0 Å². The van der Waals surface area contributed by atoms with Gasteiger partial charge >= 0.3 is 0 Å². The van der Waals surface area contributed by atoms with Gasteiger partial charge < -0.3 is 14.6 Å². The first kappa shape index (κ1) is 19.8. The Kier molecular flexibility index (Phi) is 4.89. The first-order valence-electron chi connectivity index (χ1n) is 11.2. The van der Waals surface area contributed by atoms with Gasteiger partial charge in [-0.2, -0.15) is 0 Å². The van der Waals surface area contributed by atoms with Gasteiger partial charge in [-0.15, -0.1) is 0 Å². The first-order valence-corrected chi connectivity index (χ1v) is 12.4. The van der Waals surface area contributed by atoms with Crippen molar-refractivity contribution >= 4 is 21.7 Å². The normalized spacial score (nSPS) is 20.3. The van der Waals surface area contributed by atoms with Crippen LogP contribution in [-0.4, -0.2) is 14.8 Å². The van der Waals surface area contributed by atoms with Crippen molar-refractivity contribution in [2.45, 2.75) is 47.7 Å². The molecule has 4 nitrogen and oxygen atoms in total. The van der Waals surface area contributed by atoms with Gasteiger partial charge in [0, 0.05) is 46.4 Å². The SMILES string of the molecule is Cn1c2c(c3cc(S(=O)c4ccccc4)cc(OCc4ccccc4)c31)C1CCC(C2)N1. The van der Waals surface area contributed by atoms with Crippen LogP contribution >= 0.6 is 0 Å². The fourth-order valence-electron chi connectivity index (χ4n) is 5.31. The summed E-state index contributed by atoms with van der Waals surface area (Å²) in [5.74, 6) is 0.804. The van der Waals surface area contributed by atoms with Gasteiger partial charge in [0.2, 0.25) is 0 Å². The van der Waals surface area contributed by atoms with Gasteiger partial charge in [0.1, 0.15) is 12.4 Å². The summed E-state index contributed by atoms with van der Waals surface area (Å²) in [5.41, 5.74) is 4.98. The Morgan fingerprint density at radius 2 is 1.75 bits per heavy atom. The van der Waals surface area contributed by atoms with E-state index < -0.39 is 10.8 Å². The number of nitrogens with one attached hydrogen (secondary N) is 1. The van der Waals surface area contributed by atoms with E-state index in [2.05, 4.69) is 35.1 Å². The zero-order chi connectivity index (χ0) is 21.7. The molecule has 1 N–H and O–H groups in total. The summed E-state index contributed by atoms with van der Waals surface area (Å²) in [4.78, 5) is 1.60. The quantitative estimate of drug-likeness (QED) is 0.458. The smallest absolute Gasteiger partial charge is 0.145 e. The largest absolute Gasteiger partial charge is 0.487 e. The Bertz CT molecular complexity index is 1310. The van der Waals surface area contributed by atoms with Crippen molar-refractivity contribution in [2.75, 3.05) is 0 Å². The van der Waals surface area contributed by atoms with E-state index in [1.54, 1.807) is 0 Å². The molecule has 6 rings (SSSR count). The number of fused-ring (bicyclic) bond motifs is 6. The molecule has 2 aliphatic rings. The third-order valence-corrected chi connectivity index (χ3v) is 8.19. The highest BCUT2D eigenvalue weighted by Gasteiger charge is 2.36. The number of ether oxygens (including phenoxy) is 1. The topological polar surface area (TPSA) is 43.3 Å². The van der Waals surface area contributed by atoms with Gasteiger partial charge in [-0.3, -0.25) is 0 Å². The number of rotatable bonds is 5. The zero-order valence-electron chi connectivity index (χ0n) is 18.1. The summed E-state index contributed by atoms with van der Waals surface area (Å²) >= 11 is 0. The molecule has 0 aliphatic carbocycles. The maximum absolute atomic E-state index is 13.5. The summed E-state index contributed by atoms with van der Waals surface area (Å²) in [6.07, 6.45) is 3.41. The number of hydrogen-bond donors (Lipinski definition) is 1. The van der Waals surface area contributed by atoms with E-state index in [0.717, 1.165) is 39.5 Å². The lowest BCUT2D eigenvalue weighted by atomic mass is 9.99. The van der Waals surface area contributed by atoms with Crippen molar-refractivity contribution in [2.24, 2.45) is 7.05 Å². The second-order valence-electron chi connectivity index (χ2n) is 8.79. The van der Waals surface area contributed by atoms with Crippen molar-refractivity contribution in [3.8, 4) is 5.75 Å². The molecule has 1 fully saturated rings. The summed E-state index contributed by atoms with van der Waals surface area (Å²) in [6.45, 7) is 0.484. The van der Waals surface area contributed by atoms with Crippen LogP contribution < -0.4 is 10.1 Å². The van der Waals surface area contributed by atoms with Crippen molar-refractivity contribution < 1.29 is 8.95 Å². The summed E-state index contributed by atoms with van der Waals surface area (Å²) in [7, 11) is 0.883. The second kappa shape index (κ2) is 7.91. The molecule has 3 atom stereocenters. The van der Waals surface area contributed by atoms with E-state index in [0.29, 0.717) is 18.7 Å². The van der Waals surface area contributed by atoms with Crippen LogP contribution in [0.2, 0.25) is 0 Å². The molecular weight excluding hydrogens is 416 g/mol. The lowest BCUT2D eigenvalue weighted by Gasteiger charge is -2.23. The molecule has 162 valence electrons. The van der Waals surface area contributed by atoms with E-state index in [4.69, 9.17) is 4.74 Å². The number of nitrogens with zero attached hydrogens (tertiary/aromatic N) is 1. The molecule has 5 heteroatoms. The van der Waals surface area contributed by atoms with Crippen LogP contribution in [0.1, 0.15) is 35.7 Å². The summed E-state index contributed by atoms with van der Waals surface area (Å²) in [6, 6.07) is 24.9. The lowest BCUT2D eigenvalue weighted by Crippen LogP contribution is -2.32. The van der Waals surface area contributed by atoms with Crippen LogP contribution in [0, 0.1) is 0 Å². The number of aryl methyl sites for hydroxylation is 1. The minimum atomic E-state index is -1.27.